The van der Waals surface area contributed by atoms with Gasteiger partial charge in [0.15, 0.2) is 0 Å². The Morgan fingerprint density at radius 3 is 2.85 bits per heavy atom. The molecular weight excluding hydrogens is 292 g/mol. The first kappa shape index (κ1) is 15.2. The predicted octanol–water partition coefficient (Wildman–Crippen LogP) is 3.07. The summed E-state index contributed by atoms with van der Waals surface area (Å²) in [6.07, 6.45) is 0.522. The minimum absolute atomic E-state index is 0.0510. The van der Waals surface area contributed by atoms with Gasteiger partial charge in [0.2, 0.25) is 0 Å². The molecule has 6 heteroatoms. The third-order valence-electron chi connectivity index (χ3n) is 2.92. The molecule has 0 aliphatic rings. The maximum absolute atomic E-state index is 12.3. The second kappa shape index (κ2) is 6.03. The number of nitrogens with zero attached hydrogens (tertiary/aromatic N) is 1. The fraction of sp³-hybridized carbons (Fsp3) is 0.429. The molecule has 2 rings (SSSR count). The number of aliphatic hydroxyl groups excluding tert-OH is 1. The van der Waals surface area contributed by atoms with Gasteiger partial charge in [0, 0.05) is 12.1 Å². The number of carbonyl (C=O) groups is 1. The number of aryl methyl sites for hydroxylation is 1. The number of aromatic nitrogens is 1. The summed E-state index contributed by atoms with van der Waals surface area (Å²) < 4.78 is 0. The summed E-state index contributed by atoms with van der Waals surface area (Å²) >= 11 is 3.02. The summed E-state index contributed by atoms with van der Waals surface area (Å²) in [5.74, 6) is -0.124. The molecule has 2 aromatic heterocycles. The van der Waals surface area contributed by atoms with Crippen molar-refractivity contribution in [2.45, 2.75) is 32.7 Å². The van der Waals surface area contributed by atoms with Gasteiger partial charge >= 0.3 is 0 Å². The molecule has 0 fully saturated rings. The van der Waals surface area contributed by atoms with Gasteiger partial charge in [-0.05, 0) is 38.6 Å². The van der Waals surface area contributed by atoms with E-state index >= 15 is 0 Å². The van der Waals surface area contributed by atoms with Crippen LogP contribution in [0.2, 0.25) is 0 Å². The number of rotatable bonds is 5. The van der Waals surface area contributed by atoms with E-state index in [-0.39, 0.29) is 12.5 Å². The van der Waals surface area contributed by atoms with Crippen LogP contribution in [0.4, 0.5) is 0 Å². The Bertz CT molecular complexity index is 588. The fourth-order valence-electron chi connectivity index (χ4n) is 1.82. The summed E-state index contributed by atoms with van der Waals surface area (Å²) in [5.41, 5.74) is 0.321. The maximum Gasteiger partial charge on any atom is 0.263 e. The summed E-state index contributed by atoms with van der Waals surface area (Å²) in [5, 5.41) is 14.8. The van der Waals surface area contributed by atoms with E-state index in [9.17, 15) is 4.79 Å². The minimum Gasteiger partial charge on any atom is -0.396 e. The second-order valence-electron chi connectivity index (χ2n) is 5.22. The molecule has 2 aromatic rings. The molecule has 2 heterocycles. The topological polar surface area (TPSA) is 62.2 Å². The minimum atomic E-state index is -0.425. The van der Waals surface area contributed by atoms with Crippen LogP contribution in [0.15, 0.2) is 17.5 Å². The van der Waals surface area contributed by atoms with E-state index < -0.39 is 5.54 Å². The van der Waals surface area contributed by atoms with Gasteiger partial charge in [-0.25, -0.2) is 4.98 Å². The number of nitrogens with one attached hydrogen (secondary N) is 1. The van der Waals surface area contributed by atoms with Gasteiger partial charge in [0.05, 0.1) is 10.6 Å². The molecule has 0 unspecified atom stereocenters. The maximum atomic E-state index is 12.3. The molecule has 1 amide bonds. The van der Waals surface area contributed by atoms with Crippen LogP contribution >= 0.6 is 22.7 Å². The molecule has 0 aliphatic carbocycles. The summed E-state index contributed by atoms with van der Waals surface area (Å²) in [7, 11) is 0. The molecule has 2 N–H and O–H groups in total. The van der Waals surface area contributed by atoms with E-state index in [4.69, 9.17) is 5.11 Å². The lowest BCUT2D eigenvalue weighted by molar-refractivity contribution is 0.0903. The van der Waals surface area contributed by atoms with Crippen molar-refractivity contribution in [1.82, 2.24) is 10.3 Å². The van der Waals surface area contributed by atoms with Gasteiger partial charge in [-0.1, -0.05) is 6.07 Å². The van der Waals surface area contributed by atoms with Crippen molar-refractivity contribution in [3.8, 4) is 9.88 Å². The lowest BCUT2D eigenvalue weighted by atomic mass is 10.0. The van der Waals surface area contributed by atoms with Gasteiger partial charge < -0.3 is 10.4 Å². The lowest BCUT2D eigenvalue weighted by Gasteiger charge is -2.25. The van der Waals surface area contributed by atoms with Crippen LogP contribution < -0.4 is 5.32 Å². The van der Waals surface area contributed by atoms with Crippen molar-refractivity contribution in [2.24, 2.45) is 0 Å². The Hall–Kier alpha value is -1.24. The third-order valence-corrected chi connectivity index (χ3v) is 5.12. The molecule has 20 heavy (non-hydrogen) atoms. The Morgan fingerprint density at radius 1 is 1.50 bits per heavy atom. The highest BCUT2D eigenvalue weighted by Gasteiger charge is 2.23. The first-order valence-corrected chi connectivity index (χ1v) is 8.07. The van der Waals surface area contributed by atoms with Crippen LogP contribution in [0, 0.1) is 6.92 Å². The van der Waals surface area contributed by atoms with E-state index in [1.165, 1.54) is 11.3 Å². The highest BCUT2D eigenvalue weighted by atomic mass is 32.1. The zero-order valence-corrected chi connectivity index (χ0v) is 13.4. The average Bonchev–Trinajstić information content (AvgIpc) is 2.96. The van der Waals surface area contributed by atoms with Crippen molar-refractivity contribution in [3.63, 3.8) is 0 Å². The van der Waals surface area contributed by atoms with E-state index in [0.717, 1.165) is 15.6 Å². The van der Waals surface area contributed by atoms with Crippen LogP contribution in [-0.4, -0.2) is 28.1 Å². The number of aliphatic hydroxyl groups is 1. The van der Waals surface area contributed by atoms with Crippen molar-refractivity contribution in [3.05, 3.63) is 28.1 Å². The zero-order chi connectivity index (χ0) is 14.8. The Balaban J connectivity index is 2.19. The SMILES string of the molecule is Cc1nc(-c2cccs2)sc1C(=O)NC(C)(C)CCO. The molecule has 0 saturated carbocycles. The number of carbonyl (C=O) groups excluding carboxylic acids is 1. The van der Waals surface area contributed by atoms with Crippen LogP contribution in [0.5, 0.6) is 0 Å². The van der Waals surface area contributed by atoms with Gasteiger partial charge in [-0.15, -0.1) is 22.7 Å². The average molecular weight is 310 g/mol. The van der Waals surface area contributed by atoms with Crippen molar-refractivity contribution < 1.29 is 9.90 Å². The van der Waals surface area contributed by atoms with Crippen molar-refractivity contribution >= 4 is 28.6 Å². The van der Waals surface area contributed by atoms with Gasteiger partial charge in [0.1, 0.15) is 9.88 Å². The smallest absolute Gasteiger partial charge is 0.263 e. The molecule has 0 spiro atoms. The fourth-order valence-corrected chi connectivity index (χ4v) is 3.58. The highest BCUT2D eigenvalue weighted by molar-refractivity contribution is 7.22. The quantitative estimate of drug-likeness (QED) is 0.892. The summed E-state index contributed by atoms with van der Waals surface area (Å²) in [6.45, 7) is 5.70. The molecule has 0 radical (unpaired) electrons. The van der Waals surface area contributed by atoms with E-state index in [0.29, 0.717) is 11.3 Å². The Morgan fingerprint density at radius 2 is 2.25 bits per heavy atom. The van der Waals surface area contributed by atoms with Crippen LogP contribution in [-0.2, 0) is 0 Å². The molecule has 0 aliphatic heterocycles. The molecule has 108 valence electrons. The number of amides is 1. The van der Waals surface area contributed by atoms with Gasteiger partial charge in [-0.2, -0.15) is 0 Å². The first-order valence-electron chi connectivity index (χ1n) is 6.37. The predicted molar refractivity (Wildman–Crippen MR) is 83.4 cm³/mol. The highest BCUT2D eigenvalue weighted by Crippen LogP contribution is 2.31. The number of hydrogen-bond donors (Lipinski definition) is 2. The monoisotopic (exact) mass is 310 g/mol. The molecule has 0 aromatic carbocycles. The zero-order valence-electron chi connectivity index (χ0n) is 11.8. The van der Waals surface area contributed by atoms with E-state index in [1.54, 1.807) is 11.3 Å². The second-order valence-corrected chi connectivity index (χ2v) is 7.17. The largest absolute Gasteiger partial charge is 0.396 e. The number of thiazole rings is 1. The lowest BCUT2D eigenvalue weighted by Crippen LogP contribution is -2.43. The van der Waals surface area contributed by atoms with Gasteiger partial charge in [0.25, 0.3) is 5.91 Å². The van der Waals surface area contributed by atoms with Crippen molar-refractivity contribution in [2.75, 3.05) is 6.61 Å². The van der Waals surface area contributed by atoms with E-state index in [1.807, 2.05) is 38.3 Å². The van der Waals surface area contributed by atoms with Crippen LogP contribution in [0.3, 0.4) is 0 Å². The molecule has 0 bridgehead atoms. The molecule has 0 saturated heterocycles. The van der Waals surface area contributed by atoms with Crippen molar-refractivity contribution in [1.29, 1.82) is 0 Å². The molecular formula is C14H18N2O2S2. The standard InChI is InChI=1S/C14H18N2O2S2/c1-9-11(12(18)16-14(2,3)6-7-17)20-13(15-9)10-5-4-8-19-10/h4-5,8,17H,6-7H2,1-3H3,(H,16,18). The number of thiophene rings is 1. The molecule has 0 atom stereocenters. The van der Waals surface area contributed by atoms with Gasteiger partial charge in [-0.3, -0.25) is 4.79 Å². The Kier molecular flexibility index (Phi) is 4.57. The molecule has 4 nitrogen and oxygen atoms in total. The summed E-state index contributed by atoms with van der Waals surface area (Å²) in [4.78, 5) is 18.5. The van der Waals surface area contributed by atoms with Crippen LogP contribution in [0.25, 0.3) is 9.88 Å². The first-order chi connectivity index (χ1) is 9.43. The number of hydrogen-bond acceptors (Lipinski definition) is 5. The Labute approximate surface area is 126 Å². The normalized spacial score (nSPS) is 11.6. The summed E-state index contributed by atoms with van der Waals surface area (Å²) in [6, 6.07) is 3.97. The van der Waals surface area contributed by atoms with Crippen LogP contribution in [0.1, 0.15) is 35.6 Å². The third kappa shape index (κ3) is 3.45. The van der Waals surface area contributed by atoms with E-state index in [2.05, 4.69) is 10.3 Å².